The van der Waals surface area contributed by atoms with Crippen LogP contribution in [0.2, 0.25) is 4.34 Å². The largest absolute Gasteiger partial charge is 0.341 e. The number of nitrogens with zero attached hydrogens (tertiary/aromatic N) is 2. The fraction of sp³-hybridized carbons (Fsp3) is 0.300. The third-order valence-corrected chi connectivity index (χ3v) is 8.28. The zero-order valence-corrected chi connectivity index (χ0v) is 18.6. The van der Waals surface area contributed by atoms with Crippen molar-refractivity contribution in [3.63, 3.8) is 0 Å². The molecule has 0 spiro atoms. The molecule has 1 aliphatic rings. The van der Waals surface area contributed by atoms with E-state index in [0.29, 0.717) is 36.1 Å². The number of thiophene rings is 1. The lowest BCUT2D eigenvalue weighted by atomic mass is 10.1. The molecule has 10 heteroatoms. The van der Waals surface area contributed by atoms with Crippen LogP contribution in [0.15, 0.2) is 53.3 Å². The minimum atomic E-state index is -3.61. The number of carbonyl (C=O) groups excluding carboxylic acids is 2. The highest BCUT2D eigenvalue weighted by Crippen LogP contribution is 2.28. The van der Waals surface area contributed by atoms with Gasteiger partial charge in [0, 0.05) is 31.9 Å². The predicted octanol–water partition coefficient (Wildman–Crippen LogP) is 2.99. The van der Waals surface area contributed by atoms with E-state index in [-0.39, 0.29) is 29.0 Å². The highest BCUT2D eigenvalue weighted by atomic mass is 35.5. The zero-order valence-electron chi connectivity index (χ0n) is 16.2. The topological polar surface area (TPSA) is 86.8 Å². The maximum absolute atomic E-state index is 12.8. The van der Waals surface area contributed by atoms with E-state index < -0.39 is 10.0 Å². The van der Waals surface area contributed by atoms with E-state index in [0.717, 1.165) is 16.9 Å². The van der Waals surface area contributed by atoms with Crippen molar-refractivity contribution in [2.45, 2.75) is 17.1 Å². The molecule has 1 N–H and O–H groups in total. The van der Waals surface area contributed by atoms with Crippen molar-refractivity contribution in [1.82, 2.24) is 9.21 Å². The Balaban J connectivity index is 1.63. The van der Waals surface area contributed by atoms with Crippen LogP contribution in [0, 0.1) is 0 Å². The lowest BCUT2D eigenvalue weighted by molar-refractivity contribution is -0.130. The Morgan fingerprint density at radius 1 is 1.17 bits per heavy atom. The second-order valence-corrected chi connectivity index (χ2v) is 10.6. The first-order chi connectivity index (χ1) is 14.3. The number of sulfonamides is 1. The van der Waals surface area contributed by atoms with Crippen molar-refractivity contribution in [3.8, 4) is 0 Å². The third-order valence-electron chi connectivity index (χ3n) is 4.69. The fourth-order valence-corrected chi connectivity index (χ4v) is 6.29. The number of anilines is 1. The molecule has 2 aromatic rings. The summed E-state index contributed by atoms with van der Waals surface area (Å²) in [4.78, 5) is 25.9. The summed E-state index contributed by atoms with van der Waals surface area (Å²) in [6.07, 6.45) is 1.91. The number of rotatable bonds is 6. The summed E-state index contributed by atoms with van der Waals surface area (Å²) in [5.74, 6) is -0.403. The average Bonchev–Trinajstić information content (AvgIpc) is 3.00. The molecular weight excluding hydrogens is 446 g/mol. The van der Waals surface area contributed by atoms with E-state index in [9.17, 15) is 18.0 Å². The molecule has 2 heterocycles. The number of halogens is 1. The smallest absolute Gasteiger partial charge is 0.252 e. The normalized spacial score (nSPS) is 15.4. The quantitative estimate of drug-likeness (QED) is 0.661. The van der Waals surface area contributed by atoms with Crippen LogP contribution in [0.4, 0.5) is 5.69 Å². The summed E-state index contributed by atoms with van der Waals surface area (Å²) in [5, 5.41) is 2.67. The fourth-order valence-electron chi connectivity index (χ4n) is 3.19. The Morgan fingerprint density at radius 3 is 2.67 bits per heavy atom. The summed E-state index contributed by atoms with van der Waals surface area (Å²) < 4.78 is 27.7. The number of carbonyl (C=O) groups is 2. The van der Waals surface area contributed by atoms with Gasteiger partial charge >= 0.3 is 0 Å². The first-order valence-corrected chi connectivity index (χ1v) is 12.0. The van der Waals surface area contributed by atoms with Crippen molar-refractivity contribution < 1.29 is 18.0 Å². The minimum absolute atomic E-state index is 0.0828. The van der Waals surface area contributed by atoms with Crippen molar-refractivity contribution in [1.29, 1.82) is 0 Å². The summed E-state index contributed by atoms with van der Waals surface area (Å²) in [5.41, 5.74) is 1.36. The molecule has 1 aromatic carbocycles. The Morgan fingerprint density at radius 2 is 1.97 bits per heavy atom. The van der Waals surface area contributed by atoms with Crippen LogP contribution in [-0.4, -0.2) is 55.6 Å². The lowest BCUT2D eigenvalue weighted by Gasteiger charge is -2.21. The number of hydrogen-bond acceptors (Lipinski definition) is 5. The molecule has 3 rings (SSSR count). The monoisotopic (exact) mass is 467 g/mol. The van der Waals surface area contributed by atoms with Gasteiger partial charge in [0.05, 0.1) is 10.8 Å². The van der Waals surface area contributed by atoms with E-state index in [4.69, 9.17) is 11.6 Å². The third kappa shape index (κ3) is 5.48. The van der Waals surface area contributed by atoms with E-state index in [1.807, 2.05) is 6.07 Å². The van der Waals surface area contributed by atoms with Gasteiger partial charge in [0.25, 0.3) is 10.0 Å². The molecule has 0 radical (unpaired) electrons. The molecule has 0 bridgehead atoms. The molecule has 160 valence electrons. The Kier molecular flexibility index (Phi) is 7.30. The van der Waals surface area contributed by atoms with Crippen LogP contribution >= 0.6 is 22.9 Å². The number of benzene rings is 1. The van der Waals surface area contributed by atoms with Crippen molar-refractivity contribution in [2.24, 2.45) is 0 Å². The second kappa shape index (κ2) is 9.74. The van der Waals surface area contributed by atoms with E-state index in [1.165, 1.54) is 16.4 Å². The summed E-state index contributed by atoms with van der Waals surface area (Å²) in [7, 11) is -3.61. The van der Waals surface area contributed by atoms with Gasteiger partial charge in [-0.15, -0.1) is 11.3 Å². The molecule has 1 aromatic heterocycles. The number of hydrogen-bond donors (Lipinski definition) is 1. The van der Waals surface area contributed by atoms with Crippen LogP contribution in [0.25, 0.3) is 0 Å². The second-order valence-electron chi connectivity index (χ2n) is 6.77. The van der Waals surface area contributed by atoms with Crippen LogP contribution in [-0.2, 0) is 26.0 Å². The summed E-state index contributed by atoms with van der Waals surface area (Å²) >= 11 is 6.91. The van der Waals surface area contributed by atoms with Crippen LogP contribution in [0.5, 0.6) is 0 Å². The van der Waals surface area contributed by atoms with Gasteiger partial charge in [0.2, 0.25) is 11.8 Å². The molecular formula is C20H22ClN3O4S2. The van der Waals surface area contributed by atoms with E-state index >= 15 is 0 Å². The van der Waals surface area contributed by atoms with Gasteiger partial charge in [-0.1, -0.05) is 30.3 Å². The molecule has 30 heavy (non-hydrogen) atoms. The first kappa shape index (κ1) is 22.5. The van der Waals surface area contributed by atoms with E-state index in [2.05, 4.69) is 11.9 Å². The lowest BCUT2D eigenvalue weighted by Crippen LogP contribution is -2.37. The van der Waals surface area contributed by atoms with Gasteiger partial charge in [-0.25, -0.2) is 8.42 Å². The molecule has 1 fully saturated rings. The minimum Gasteiger partial charge on any atom is -0.341 e. The highest BCUT2D eigenvalue weighted by Gasteiger charge is 2.29. The van der Waals surface area contributed by atoms with Gasteiger partial charge in [-0.3, -0.25) is 9.59 Å². The molecule has 7 nitrogen and oxygen atoms in total. The van der Waals surface area contributed by atoms with Gasteiger partial charge in [-0.2, -0.15) is 4.31 Å². The average molecular weight is 468 g/mol. The molecule has 1 aliphatic heterocycles. The molecule has 0 unspecified atom stereocenters. The number of nitrogens with one attached hydrogen (secondary N) is 1. The Bertz CT molecular complexity index is 1050. The molecule has 2 amide bonds. The molecule has 1 saturated heterocycles. The van der Waals surface area contributed by atoms with Crippen LogP contribution < -0.4 is 5.32 Å². The van der Waals surface area contributed by atoms with Crippen LogP contribution in [0.3, 0.4) is 0 Å². The standard InChI is InChI=1S/C20H22ClN3O4S2/c1-2-18(25)22-16-6-3-5-15(13-16)14-19(26)23-9-4-10-24(12-11-23)30(27,28)20-8-7-17(21)29-20/h2-3,5-8,13H,1,4,9-12,14H2,(H,22,25). The molecule has 0 atom stereocenters. The predicted molar refractivity (Wildman–Crippen MR) is 118 cm³/mol. The SMILES string of the molecule is C=CC(=O)Nc1cccc(CC(=O)N2CCCN(S(=O)(=O)c3ccc(Cl)s3)CC2)c1. The van der Waals surface area contributed by atoms with Crippen LogP contribution in [0.1, 0.15) is 12.0 Å². The number of amides is 2. The molecule has 0 aliphatic carbocycles. The van der Waals surface area contributed by atoms with Gasteiger partial charge in [-0.05, 0) is 42.3 Å². The maximum atomic E-state index is 12.8. The molecule has 0 saturated carbocycles. The van der Waals surface area contributed by atoms with Gasteiger partial charge in [0.1, 0.15) is 4.21 Å². The van der Waals surface area contributed by atoms with Gasteiger partial charge < -0.3 is 10.2 Å². The van der Waals surface area contributed by atoms with Crippen molar-refractivity contribution in [3.05, 3.63) is 59.0 Å². The summed E-state index contributed by atoms with van der Waals surface area (Å²) in [6, 6.07) is 10.1. The summed E-state index contributed by atoms with van der Waals surface area (Å²) in [6.45, 7) is 4.82. The van der Waals surface area contributed by atoms with Crippen molar-refractivity contribution >= 4 is 50.5 Å². The Hall–Kier alpha value is -2.20. The van der Waals surface area contributed by atoms with E-state index in [1.54, 1.807) is 29.2 Å². The maximum Gasteiger partial charge on any atom is 0.252 e. The zero-order chi connectivity index (χ0) is 21.7. The highest BCUT2D eigenvalue weighted by molar-refractivity contribution is 7.91. The van der Waals surface area contributed by atoms with Crippen molar-refractivity contribution in [2.75, 3.05) is 31.5 Å². The van der Waals surface area contributed by atoms with Gasteiger partial charge in [0.15, 0.2) is 0 Å². The Labute approximate surface area is 185 Å². The first-order valence-electron chi connectivity index (χ1n) is 9.35.